The quantitative estimate of drug-likeness (QED) is 0.479. The normalized spacial score (nSPS) is 22.0. The number of hydrogen-bond donors (Lipinski definition) is 1. The number of hydrogen-bond acceptors (Lipinski definition) is 6. The predicted octanol–water partition coefficient (Wildman–Crippen LogP) is 0.732. The number of nitro benzene ring substituents is 1. The molecular weight excluding hydrogens is 340 g/mol. The molecule has 9 heteroatoms. The van der Waals surface area contributed by atoms with Gasteiger partial charge in [-0.1, -0.05) is 0 Å². The second-order valence-electron chi connectivity index (χ2n) is 6.73. The van der Waals surface area contributed by atoms with Gasteiger partial charge in [0.1, 0.15) is 0 Å². The first kappa shape index (κ1) is 18.0. The molecule has 0 aromatic heterocycles. The van der Waals surface area contributed by atoms with Gasteiger partial charge in [0, 0.05) is 18.1 Å². The van der Waals surface area contributed by atoms with Crippen LogP contribution in [0.5, 0.6) is 0 Å². The van der Waals surface area contributed by atoms with Crippen LogP contribution in [0.1, 0.15) is 24.8 Å². The highest BCUT2D eigenvalue weighted by molar-refractivity contribution is 6.22. The number of anilines is 1. The zero-order valence-corrected chi connectivity index (χ0v) is 14.4. The standard InChI is InChI=1S/C17H20N4O5/c1-10-8-12(21(25)26)2-3-13(10)20-15(22)9-14(17(20)24)19-6-4-11(5-7-19)16(18)23/h2-3,8,11,14H,4-7,9H2,1H3,(H2,18,23)/t14-/m0/s1. The van der Waals surface area contributed by atoms with Crippen molar-refractivity contribution in [1.29, 1.82) is 0 Å². The van der Waals surface area contributed by atoms with Gasteiger partial charge >= 0.3 is 0 Å². The van der Waals surface area contributed by atoms with Crippen molar-refractivity contribution in [2.24, 2.45) is 11.7 Å². The Labute approximate surface area is 149 Å². The summed E-state index contributed by atoms with van der Waals surface area (Å²) in [6.07, 6.45) is 1.21. The van der Waals surface area contributed by atoms with Crippen molar-refractivity contribution < 1.29 is 19.3 Å². The largest absolute Gasteiger partial charge is 0.369 e. The molecule has 0 unspecified atom stereocenters. The highest BCUT2D eigenvalue weighted by Gasteiger charge is 2.44. The maximum absolute atomic E-state index is 12.8. The van der Waals surface area contributed by atoms with Crippen molar-refractivity contribution >= 4 is 29.1 Å². The van der Waals surface area contributed by atoms with Gasteiger partial charge in [-0.15, -0.1) is 0 Å². The number of imide groups is 1. The minimum absolute atomic E-state index is 0.0660. The van der Waals surface area contributed by atoms with E-state index in [1.54, 1.807) is 6.92 Å². The molecule has 26 heavy (non-hydrogen) atoms. The third-order valence-electron chi connectivity index (χ3n) is 5.13. The second-order valence-corrected chi connectivity index (χ2v) is 6.73. The number of benzene rings is 1. The Kier molecular flexibility index (Phi) is 4.73. The third-order valence-corrected chi connectivity index (χ3v) is 5.13. The Morgan fingerprint density at radius 2 is 1.92 bits per heavy atom. The van der Waals surface area contributed by atoms with Crippen molar-refractivity contribution in [1.82, 2.24) is 4.90 Å². The lowest BCUT2D eigenvalue weighted by molar-refractivity contribution is -0.384. The van der Waals surface area contributed by atoms with E-state index in [2.05, 4.69) is 0 Å². The number of nitrogens with two attached hydrogens (primary N) is 1. The molecule has 0 aliphatic carbocycles. The van der Waals surface area contributed by atoms with Gasteiger partial charge in [-0.2, -0.15) is 0 Å². The van der Waals surface area contributed by atoms with Crippen molar-refractivity contribution in [3.05, 3.63) is 33.9 Å². The summed E-state index contributed by atoms with van der Waals surface area (Å²) in [5.74, 6) is -1.17. The summed E-state index contributed by atoms with van der Waals surface area (Å²) in [4.78, 5) is 49.9. The molecule has 2 fully saturated rings. The highest BCUT2D eigenvalue weighted by atomic mass is 16.6. The summed E-state index contributed by atoms with van der Waals surface area (Å²) < 4.78 is 0. The first-order valence-electron chi connectivity index (χ1n) is 8.44. The SMILES string of the molecule is Cc1cc([N+](=O)[O-])ccc1N1C(=O)C[C@H](N2CCC(C(N)=O)CC2)C1=O. The van der Waals surface area contributed by atoms with Crippen LogP contribution in [0, 0.1) is 23.0 Å². The topological polar surface area (TPSA) is 127 Å². The van der Waals surface area contributed by atoms with Crippen LogP contribution in [0.2, 0.25) is 0 Å². The Hall–Kier alpha value is -2.81. The maximum Gasteiger partial charge on any atom is 0.269 e. The second kappa shape index (κ2) is 6.83. The van der Waals surface area contributed by atoms with Crippen molar-refractivity contribution in [3.63, 3.8) is 0 Å². The number of nitrogens with zero attached hydrogens (tertiary/aromatic N) is 3. The van der Waals surface area contributed by atoms with Crippen LogP contribution in [-0.4, -0.2) is 46.7 Å². The molecular formula is C17H20N4O5. The van der Waals surface area contributed by atoms with Gasteiger partial charge < -0.3 is 5.73 Å². The van der Waals surface area contributed by atoms with Gasteiger partial charge in [-0.25, -0.2) is 4.90 Å². The van der Waals surface area contributed by atoms with Crippen molar-refractivity contribution in [3.8, 4) is 0 Å². The Morgan fingerprint density at radius 3 is 2.46 bits per heavy atom. The fourth-order valence-corrected chi connectivity index (χ4v) is 3.65. The van der Waals surface area contributed by atoms with Crippen LogP contribution < -0.4 is 10.6 Å². The fourth-order valence-electron chi connectivity index (χ4n) is 3.65. The molecule has 0 radical (unpaired) electrons. The first-order chi connectivity index (χ1) is 12.3. The lowest BCUT2D eigenvalue weighted by Gasteiger charge is -2.33. The van der Waals surface area contributed by atoms with Gasteiger partial charge in [-0.05, 0) is 44.5 Å². The molecule has 0 bridgehead atoms. The Balaban J connectivity index is 1.78. The molecule has 2 aliphatic rings. The number of aryl methyl sites for hydroxylation is 1. The van der Waals surface area contributed by atoms with Gasteiger partial charge in [0.05, 0.1) is 23.1 Å². The van der Waals surface area contributed by atoms with E-state index in [9.17, 15) is 24.5 Å². The molecule has 1 aromatic rings. The van der Waals surface area contributed by atoms with Crippen molar-refractivity contribution in [2.45, 2.75) is 32.2 Å². The molecule has 1 aromatic carbocycles. The van der Waals surface area contributed by atoms with Crippen LogP contribution in [0.4, 0.5) is 11.4 Å². The van der Waals surface area contributed by atoms with E-state index in [0.29, 0.717) is 37.2 Å². The van der Waals surface area contributed by atoms with E-state index in [1.807, 2.05) is 4.90 Å². The molecule has 9 nitrogen and oxygen atoms in total. The number of rotatable bonds is 4. The number of piperidine rings is 1. The number of non-ortho nitro benzene ring substituents is 1. The molecule has 1 atom stereocenters. The average Bonchev–Trinajstić information content (AvgIpc) is 2.89. The van der Waals surface area contributed by atoms with Gasteiger partial charge in [0.15, 0.2) is 0 Å². The summed E-state index contributed by atoms with van der Waals surface area (Å²) in [5.41, 5.74) is 6.11. The molecule has 3 amide bonds. The molecule has 138 valence electrons. The van der Waals surface area contributed by atoms with Crippen LogP contribution in [-0.2, 0) is 14.4 Å². The number of nitro groups is 1. The number of amides is 3. The zero-order valence-electron chi connectivity index (χ0n) is 14.4. The molecule has 2 aliphatic heterocycles. The maximum atomic E-state index is 12.8. The van der Waals surface area contributed by atoms with E-state index in [-0.39, 0.29) is 35.7 Å². The Bertz CT molecular complexity index is 785. The average molecular weight is 360 g/mol. The molecule has 0 saturated carbocycles. The number of carbonyl (C=O) groups excluding carboxylic acids is 3. The Morgan fingerprint density at radius 1 is 1.27 bits per heavy atom. The summed E-state index contributed by atoms with van der Waals surface area (Å²) in [7, 11) is 0. The minimum atomic E-state index is -0.564. The minimum Gasteiger partial charge on any atom is -0.369 e. The first-order valence-corrected chi connectivity index (χ1v) is 8.44. The van der Waals surface area contributed by atoms with Gasteiger partial charge in [0.2, 0.25) is 11.8 Å². The van der Waals surface area contributed by atoms with E-state index >= 15 is 0 Å². The third kappa shape index (κ3) is 3.17. The lowest BCUT2D eigenvalue weighted by Crippen LogP contribution is -2.47. The number of primary amides is 1. The lowest BCUT2D eigenvalue weighted by atomic mass is 9.95. The number of carbonyl (C=O) groups is 3. The van der Waals surface area contributed by atoms with Gasteiger partial charge in [0.25, 0.3) is 11.6 Å². The molecule has 0 spiro atoms. The summed E-state index contributed by atoms with van der Waals surface area (Å²) >= 11 is 0. The molecule has 2 N–H and O–H groups in total. The van der Waals surface area contributed by atoms with Crippen LogP contribution in [0.15, 0.2) is 18.2 Å². The van der Waals surface area contributed by atoms with Crippen LogP contribution in [0.25, 0.3) is 0 Å². The molecule has 2 saturated heterocycles. The summed E-state index contributed by atoms with van der Waals surface area (Å²) in [6, 6.07) is 3.51. The fraction of sp³-hybridized carbons (Fsp3) is 0.471. The smallest absolute Gasteiger partial charge is 0.269 e. The van der Waals surface area contributed by atoms with Crippen LogP contribution >= 0.6 is 0 Å². The zero-order chi connectivity index (χ0) is 19.0. The van der Waals surface area contributed by atoms with Crippen molar-refractivity contribution in [2.75, 3.05) is 18.0 Å². The molecule has 2 heterocycles. The van der Waals surface area contributed by atoms with Gasteiger partial charge in [-0.3, -0.25) is 29.4 Å². The van der Waals surface area contributed by atoms with Crippen LogP contribution in [0.3, 0.4) is 0 Å². The summed E-state index contributed by atoms with van der Waals surface area (Å²) in [6.45, 7) is 2.70. The van der Waals surface area contributed by atoms with E-state index in [4.69, 9.17) is 5.73 Å². The predicted molar refractivity (Wildman–Crippen MR) is 92.2 cm³/mol. The summed E-state index contributed by atoms with van der Waals surface area (Å²) in [5, 5.41) is 10.9. The van der Waals surface area contributed by atoms with E-state index in [0.717, 1.165) is 4.90 Å². The highest BCUT2D eigenvalue weighted by Crippen LogP contribution is 2.32. The number of likely N-dealkylation sites (tertiary alicyclic amines) is 1. The molecule has 3 rings (SSSR count). The van der Waals surface area contributed by atoms with E-state index in [1.165, 1.54) is 18.2 Å². The monoisotopic (exact) mass is 360 g/mol. The van der Waals surface area contributed by atoms with E-state index < -0.39 is 11.0 Å².